The molecule has 2 aromatic carbocycles. The lowest BCUT2D eigenvalue weighted by atomic mass is 10.1. The molecule has 3 nitrogen and oxygen atoms in total. The first-order valence-electron chi connectivity index (χ1n) is 6.21. The highest BCUT2D eigenvalue weighted by atomic mass is 19.1. The number of ether oxygens (including phenoxy) is 1. The van der Waals surface area contributed by atoms with Crippen molar-refractivity contribution in [3.8, 4) is 11.5 Å². The molecule has 0 amide bonds. The summed E-state index contributed by atoms with van der Waals surface area (Å²) in [7, 11) is 0. The van der Waals surface area contributed by atoms with E-state index in [1.54, 1.807) is 37.5 Å². The van der Waals surface area contributed by atoms with Crippen LogP contribution in [0.25, 0.3) is 10.8 Å². The molecule has 20 heavy (non-hydrogen) atoms. The Morgan fingerprint density at radius 2 is 1.85 bits per heavy atom. The molecule has 0 saturated heterocycles. The molecule has 3 rings (SSSR count). The van der Waals surface area contributed by atoms with Crippen molar-refractivity contribution in [2.45, 2.75) is 6.92 Å². The van der Waals surface area contributed by atoms with Gasteiger partial charge in [-0.2, -0.15) is 0 Å². The van der Waals surface area contributed by atoms with Gasteiger partial charge in [0.25, 0.3) is 0 Å². The zero-order valence-electron chi connectivity index (χ0n) is 10.9. The molecular weight excluding hydrogens is 255 g/mol. The van der Waals surface area contributed by atoms with Crippen LogP contribution in [-0.2, 0) is 0 Å². The fourth-order valence-electron chi connectivity index (χ4n) is 2.12. The minimum atomic E-state index is -0.279. The Hall–Kier alpha value is -2.62. The van der Waals surface area contributed by atoms with Gasteiger partial charge in [-0.3, -0.25) is 4.98 Å². The van der Waals surface area contributed by atoms with Gasteiger partial charge in [-0.05, 0) is 48.9 Å². The number of nitrogens with two attached hydrogens (primary N) is 1. The van der Waals surface area contributed by atoms with E-state index in [4.69, 9.17) is 10.5 Å². The van der Waals surface area contributed by atoms with Crippen molar-refractivity contribution in [3.05, 3.63) is 60.2 Å². The number of anilines is 1. The van der Waals surface area contributed by atoms with Crippen LogP contribution in [0.15, 0.2) is 48.8 Å². The summed E-state index contributed by atoms with van der Waals surface area (Å²) in [5.74, 6) is 0.983. The second kappa shape index (κ2) is 4.81. The Morgan fingerprint density at radius 1 is 1.05 bits per heavy atom. The molecule has 4 heteroatoms. The SMILES string of the molecule is Cc1cc(F)ccc1Oc1ccc(N)c2ccncc12. The van der Waals surface area contributed by atoms with Gasteiger partial charge in [-0.25, -0.2) is 4.39 Å². The van der Waals surface area contributed by atoms with Crippen molar-refractivity contribution in [3.63, 3.8) is 0 Å². The van der Waals surface area contributed by atoms with E-state index in [1.165, 1.54) is 12.1 Å². The topological polar surface area (TPSA) is 48.1 Å². The number of fused-ring (bicyclic) bond motifs is 1. The first-order valence-corrected chi connectivity index (χ1v) is 6.21. The lowest BCUT2D eigenvalue weighted by Crippen LogP contribution is -1.93. The summed E-state index contributed by atoms with van der Waals surface area (Å²) in [5, 5.41) is 1.72. The molecule has 0 radical (unpaired) electrons. The van der Waals surface area contributed by atoms with Crippen LogP contribution >= 0.6 is 0 Å². The highest BCUT2D eigenvalue weighted by Gasteiger charge is 2.08. The fraction of sp³-hybridized carbons (Fsp3) is 0.0625. The van der Waals surface area contributed by atoms with Gasteiger partial charge >= 0.3 is 0 Å². The molecule has 0 fully saturated rings. The average Bonchev–Trinajstić information content (AvgIpc) is 2.45. The van der Waals surface area contributed by atoms with Crippen LogP contribution in [-0.4, -0.2) is 4.98 Å². The molecule has 0 spiro atoms. The van der Waals surface area contributed by atoms with Gasteiger partial charge in [0, 0.05) is 28.9 Å². The van der Waals surface area contributed by atoms with E-state index in [-0.39, 0.29) is 5.82 Å². The van der Waals surface area contributed by atoms with Crippen LogP contribution in [0, 0.1) is 12.7 Å². The van der Waals surface area contributed by atoms with E-state index in [1.807, 2.05) is 6.07 Å². The third-order valence-corrected chi connectivity index (χ3v) is 3.17. The van der Waals surface area contributed by atoms with Crippen LogP contribution < -0.4 is 10.5 Å². The Balaban J connectivity index is 2.09. The maximum absolute atomic E-state index is 13.1. The van der Waals surface area contributed by atoms with Gasteiger partial charge in [-0.15, -0.1) is 0 Å². The Bertz CT molecular complexity index is 787. The highest BCUT2D eigenvalue weighted by Crippen LogP contribution is 2.33. The predicted octanol–water partition coefficient (Wildman–Crippen LogP) is 4.06. The van der Waals surface area contributed by atoms with E-state index in [9.17, 15) is 4.39 Å². The molecule has 3 aromatic rings. The second-order valence-corrected chi connectivity index (χ2v) is 4.59. The molecule has 0 aliphatic heterocycles. The number of pyridine rings is 1. The zero-order chi connectivity index (χ0) is 14.1. The molecule has 0 saturated carbocycles. The van der Waals surface area contributed by atoms with Crippen molar-refractivity contribution in [1.82, 2.24) is 4.98 Å². The van der Waals surface area contributed by atoms with Crippen molar-refractivity contribution in [1.29, 1.82) is 0 Å². The summed E-state index contributed by atoms with van der Waals surface area (Å²) in [6, 6.07) is 9.85. The van der Waals surface area contributed by atoms with Crippen LogP contribution in [0.1, 0.15) is 5.56 Å². The molecule has 0 aliphatic rings. The van der Waals surface area contributed by atoms with Crippen molar-refractivity contribution in [2.75, 3.05) is 5.73 Å². The Morgan fingerprint density at radius 3 is 2.65 bits per heavy atom. The fourth-order valence-corrected chi connectivity index (χ4v) is 2.12. The second-order valence-electron chi connectivity index (χ2n) is 4.59. The third kappa shape index (κ3) is 2.16. The number of hydrogen-bond donors (Lipinski definition) is 1. The number of benzene rings is 2. The number of halogens is 1. The summed E-state index contributed by atoms with van der Waals surface area (Å²) < 4.78 is 19.0. The molecule has 1 aromatic heterocycles. The van der Waals surface area contributed by atoms with Gasteiger partial charge in [0.1, 0.15) is 17.3 Å². The molecule has 0 bridgehead atoms. The number of aromatic nitrogens is 1. The lowest BCUT2D eigenvalue weighted by molar-refractivity contribution is 0.482. The van der Waals surface area contributed by atoms with Crippen LogP contribution in [0.2, 0.25) is 0 Å². The van der Waals surface area contributed by atoms with Gasteiger partial charge in [-0.1, -0.05) is 0 Å². The largest absolute Gasteiger partial charge is 0.456 e. The molecule has 2 N–H and O–H groups in total. The molecule has 1 heterocycles. The Labute approximate surface area is 115 Å². The van der Waals surface area contributed by atoms with Gasteiger partial charge in [0.2, 0.25) is 0 Å². The maximum Gasteiger partial charge on any atom is 0.136 e. The number of aryl methyl sites for hydroxylation is 1. The molecule has 100 valence electrons. The molecular formula is C16H13FN2O. The maximum atomic E-state index is 13.1. The Kier molecular flexibility index (Phi) is 2.99. The summed E-state index contributed by atoms with van der Waals surface area (Å²) in [5.41, 5.74) is 7.34. The number of rotatable bonds is 2. The number of hydrogen-bond acceptors (Lipinski definition) is 3. The molecule has 0 unspecified atom stereocenters. The normalized spacial score (nSPS) is 10.7. The molecule has 0 atom stereocenters. The van der Waals surface area contributed by atoms with E-state index in [0.29, 0.717) is 17.2 Å². The van der Waals surface area contributed by atoms with Crippen molar-refractivity contribution < 1.29 is 9.13 Å². The van der Waals surface area contributed by atoms with E-state index >= 15 is 0 Å². The van der Waals surface area contributed by atoms with E-state index in [2.05, 4.69) is 4.98 Å². The van der Waals surface area contributed by atoms with Crippen molar-refractivity contribution >= 4 is 16.5 Å². The minimum absolute atomic E-state index is 0.279. The summed E-state index contributed by atoms with van der Waals surface area (Å²) in [6.07, 6.45) is 3.39. The standard InChI is InChI=1S/C16H13FN2O/c1-10-8-11(17)2-4-15(10)20-16-5-3-14(18)12-6-7-19-9-13(12)16/h2-9H,18H2,1H3. The lowest BCUT2D eigenvalue weighted by Gasteiger charge is -2.12. The number of nitrogens with zero attached hydrogens (tertiary/aromatic N) is 1. The van der Waals surface area contributed by atoms with Gasteiger partial charge in [0.15, 0.2) is 0 Å². The van der Waals surface area contributed by atoms with E-state index in [0.717, 1.165) is 16.3 Å². The summed E-state index contributed by atoms with van der Waals surface area (Å²) in [4.78, 5) is 4.10. The highest BCUT2D eigenvalue weighted by molar-refractivity contribution is 5.96. The van der Waals surface area contributed by atoms with Crippen LogP contribution in [0.3, 0.4) is 0 Å². The average molecular weight is 268 g/mol. The van der Waals surface area contributed by atoms with Gasteiger partial charge < -0.3 is 10.5 Å². The predicted molar refractivity (Wildman–Crippen MR) is 77.4 cm³/mol. The van der Waals surface area contributed by atoms with Gasteiger partial charge in [0.05, 0.1) is 0 Å². The van der Waals surface area contributed by atoms with E-state index < -0.39 is 0 Å². The third-order valence-electron chi connectivity index (χ3n) is 3.17. The quantitative estimate of drug-likeness (QED) is 0.713. The van der Waals surface area contributed by atoms with Crippen LogP contribution in [0.4, 0.5) is 10.1 Å². The summed E-state index contributed by atoms with van der Waals surface area (Å²) >= 11 is 0. The zero-order valence-corrected chi connectivity index (χ0v) is 10.9. The minimum Gasteiger partial charge on any atom is -0.456 e. The first kappa shape index (κ1) is 12.4. The van der Waals surface area contributed by atoms with Crippen LogP contribution in [0.5, 0.6) is 11.5 Å². The smallest absolute Gasteiger partial charge is 0.136 e. The van der Waals surface area contributed by atoms with Crippen molar-refractivity contribution in [2.24, 2.45) is 0 Å². The first-order chi connectivity index (χ1) is 9.65. The molecule has 0 aliphatic carbocycles. The number of nitrogen functional groups attached to an aromatic ring is 1. The summed E-state index contributed by atoms with van der Waals surface area (Å²) in [6.45, 7) is 1.80. The monoisotopic (exact) mass is 268 g/mol.